The molecule has 94 valence electrons. The number of hydrogen-bond donors (Lipinski definition) is 1. The third-order valence-corrected chi connectivity index (χ3v) is 3.37. The highest BCUT2D eigenvalue weighted by atomic mass is 19.1. The lowest BCUT2D eigenvalue weighted by Gasteiger charge is -2.22. The molecule has 0 bridgehead atoms. The number of benzene rings is 1. The molecule has 0 spiro atoms. The zero-order chi connectivity index (χ0) is 12.5. The molecule has 0 unspecified atom stereocenters. The molecule has 2 nitrogen and oxygen atoms in total. The standard InChI is InChI=1S/C14H21FN2/c1-14(2)4-5-17(10-14)13-7-11(9-16-3)6-12(15)8-13/h6-8,16H,4-5,9-10H2,1-3H3. The second-order valence-electron chi connectivity index (χ2n) is 5.68. The molecule has 0 radical (unpaired) electrons. The lowest BCUT2D eigenvalue weighted by Crippen LogP contribution is -2.23. The van der Waals surface area contributed by atoms with Gasteiger partial charge in [0.25, 0.3) is 0 Å². The van der Waals surface area contributed by atoms with E-state index >= 15 is 0 Å². The molecule has 2 rings (SSSR count). The van der Waals surface area contributed by atoms with Gasteiger partial charge in [0.2, 0.25) is 0 Å². The number of hydrogen-bond acceptors (Lipinski definition) is 2. The van der Waals surface area contributed by atoms with Gasteiger partial charge in [-0.15, -0.1) is 0 Å². The van der Waals surface area contributed by atoms with Crippen LogP contribution in [0.1, 0.15) is 25.8 Å². The van der Waals surface area contributed by atoms with Crippen molar-refractivity contribution in [3.05, 3.63) is 29.6 Å². The van der Waals surface area contributed by atoms with E-state index in [-0.39, 0.29) is 5.82 Å². The van der Waals surface area contributed by atoms with E-state index < -0.39 is 0 Å². The third kappa shape index (κ3) is 2.97. The molecule has 17 heavy (non-hydrogen) atoms. The van der Waals surface area contributed by atoms with E-state index in [1.54, 1.807) is 12.1 Å². The summed E-state index contributed by atoms with van der Waals surface area (Å²) in [6.07, 6.45) is 1.17. The van der Waals surface area contributed by atoms with Crippen LogP contribution in [0.25, 0.3) is 0 Å². The Kier molecular flexibility index (Phi) is 3.38. The molecule has 0 amide bonds. The lowest BCUT2D eigenvalue weighted by atomic mass is 9.93. The molecule has 0 atom stereocenters. The summed E-state index contributed by atoms with van der Waals surface area (Å²) in [4.78, 5) is 2.28. The van der Waals surface area contributed by atoms with E-state index in [4.69, 9.17) is 0 Å². The Balaban J connectivity index is 2.21. The van der Waals surface area contributed by atoms with Gasteiger partial charge >= 0.3 is 0 Å². The number of rotatable bonds is 3. The summed E-state index contributed by atoms with van der Waals surface area (Å²) in [5, 5.41) is 3.06. The maximum absolute atomic E-state index is 13.5. The van der Waals surface area contributed by atoms with Crippen molar-refractivity contribution in [1.29, 1.82) is 0 Å². The topological polar surface area (TPSA) is 15.3 Å². The lowest BCUT2D eigenvalue weighted by molar-refractivity contribution is 0.418. The summed E-state index contributed by atoms with van der Waals surface area (Å²) in [5.41, 5.74) is 2.36. The van der Waals surface area contributed by atoms with E-state index in [9.17, 15) is 4.39 Å². The van der Waals surface area contributed by atoms with Crippen LogP contribution in [0.15, 0.2) is 18.2 Å². The van der Waals surface area contributed by atoms with Crippen molar-refractivity contribution in [1.82, 2.24) is 5.32 Å². The summed E-state index contributed by atoms with van der Waals surface area (Å²) in [7, 11) is 1.88. The predicted octanol–water partition coefficient (Wildman–Crippen LogP) is 2.78. The van der Waals surface area contributed by atoms with E-state index in [0.29, 0.717) is 12.0 Å². The fraction of sp³-hybridized carbons (Fsp3) is 0.571. The van der Waals surface area contributed by atoms with Crippen molar-refractivity contribution in [2.45, 2.75) is 26.8 Å². The third-order valence-electron chi connectivity index (χ3n) is 3.37. The maximum atomic E-state index is 13.5. The molecule has 0 aromatic heterocycles. The first-order valence-electron chi connectivity index (χ1n) is 6.19. The summed E-state index contributed by atoms with van der Waals surface area (Å²) in [6.45, 7) is 7.27. The Morgan fingerprint density at radius 2 is 2.12 bits per heavy atom. The van der Waals surface area contributed by atoms with Crippen molar-refractivity contribution in [3.8, 4) is 0 Å². The first-order chi connectivity index (χ1) is 8.00. The van der Waals surface area contributed by atoms with Gasteiger partial charge in [0.05, 0.1) is 0 Å². The van der Waals surface area contributed by atoms with Crippen LogP contribution in [-0.4, -0.2) is 20.1 Å². The van der Waals surface area contributed by atoms with E-state index in [1.165, 1.54) is 6.42 Å². The highest BCUT2D eigenvalue weighted by Gasteiger charge is 2.29. The molecule has 1 aromatic carbocycles. The van der Waals surface area contributed by atoms with E-state index in [2.05, 4.69) is 30.1 Å². The SMILES string of the molecule is CNCc1cc(F)cc(N2CCC(C)(C)C2)c1. The van der Waals surface area contributed by atoms with Crippen LogP contribution in [0.2, 0.25) is 0 Å². The van der Waals surface area contributed by atoms with Crippen LogP contribution < -0.4 is 10.2 Å². The predicted molar refractivity (Wildman–Crippen MR) is 69.8 cm³/mol. The Morgan fingerprint density at radius 3 is 2.71 bits per heavy atom. The van der Waals surface area contributed by atoms with Gasteiger partial charge in [0, 0.05) is 25.3 Å². The van der Waals surface area contributed by atoms with Crippen LogP contribution >= 0.6 is 0 Å². The molecule has 3 heteroatoms. The molecule has 1 aliphatic rings. The molecular formula is C14H21FN2. The quantitative estimate of drug-likeness (QED) is 0.868. The molecule has 1 fully saturated rings. The average molecular weight is 236 g/mol. The number of nitrogens with zero attached hydrogens (tertiary/aromatic N) is 1. The molecule has 1 saturated heterocycles. The summed E-state index contributed by atoms with van der Waals surface area (Å²) >= 11 is 0. The van der Waals surface area contributed by atoms with Crippen LogP contribution in [0, 0.1) is 11.2 Å². The fourth-order valence-electron chi connectivity index (χ4n) is 2.45. The summed E-state index contributed by atoms with van der Waals surface area (Å²) < 4.78 is 13.5. The second-order valence-corrected chi connectivity index (χ2v) is 5.68. The molecular weight excluding hydrogens is 215 g/mol. The van der Waals surface area contributed by atoms with Crippen molar-refractivity contribution in [2.75, 3.05) is 25.0 Å². The minimum absolute atomic E-state index is 0.141. The average Bonchev–Trinajstić information content (AvgIpc) is 2.58. The fourth-order valence-corrected chi connectivity index (χ4v) is 2.45. The number of nitrogens with one attached hydrogen (secondary N) is 1. The zero-order valence-corrected chi connectivity index (χ0v) is 10.9. The largest absolute Gasteiger partial charge is 0.371 e. The maximum Gasteiger partial charge on any atom is 0.125 e. The van der Waals surface area contributed by atoms with Crippen molar-refractivity contribution < 1.29 is 4.39 Å². The molecule has 1 N–H and O–H groups in total. The normalized spacial score (nSPS) is 18.7. The van der Waals surface area contributed by atoms with Gasteiger partial charge in [-0.3, -0.25) is 0 Å². The van der Waals surface area contributed by atoms with Crippen molar-refractivity contribution in [3.63, 3.8) is 0 Å². The Morgan fingerprint density at radius 1 is 1.35 bits per heavy atom. The summed E-state index contributed by atoms with van der Waals surface area (Å²) in [5.74, 6) is -0.141. The minimum Gasteiger partial charge on any atom is -0.371 e. The highest BCUT2D eigenvalue weighted by molar-refractivity contribution is 5.50. The first-order valence-corrected chi connectivity index (χ1v) is 6.19. The van der Waals surface area contributed by atoms with Gasteiger partial charge in [-0.1, -0.05) is 13.8 Å². The number of halogens is 1. The first kappa shape index (κ1) is 12.4. The van der Waals surface area contributed by atoms with Gasteiger partial charge in [0.15, 0.2) is 0 Å². The minimum atomic E-state index is -0.141. The van der Waals surface area contributed by atoms with Gasteiger partial charge in [-0.05, 0) is 42.6 Å². The van der Waals surface area contributed by atoms with Gasteiger partial charge in [-0.25, -0.2) is 4.39 Å². The van der Waals surface area contributed by atoms with Crippen LogP contribution in [-0.2, 0) is 6.54 Å². The Bertz CT molecular complexity index is 401. The second kappa shape index (κ2) is 4.65. The molecule has 1 heterocycles. The Hall–Kier alpha value is -1.09. The van der Waals surface area contributed by atoms with Crippen LogP contribution in [0.4, 0.5) is 10.1 Å². The van der Waals surface area contributed by atoms with Gasteiger partial charge < -0.3 is 10.2 Å². The van der Waals surface area contributed by atoms with E-state index in [0.717, 1.165) is 24.3 Å². The zero-order valence-electron chi connectivity index (χ0n) is 10.9. The smallest absolute Gasteiger partial charge is 0.125 e. The van der Waals surface area contributed by atoms with Crippen molar-refractivity contribution >= 4 is 5.69 Å². The molecule has 0 aliphatic carbocycles. The van der Waals surface area contributed by atoms with Crippen LogP contribution in [0.5, 0.6) is 0 Å². The van der Waals surface area contributed by atoms with E-state index in [1.807, 2.05) is 7.05 Å². The monoisotopic (exact) mass is 236 g/mol. The Labute approximate surface area is 103 Å². The summed E-state index contributed by atoms with van der Waals surface area (Å²) in [6, 6.07) is 5.32. The van der Waals surface area contributed by atoms with Gasteiger partial charge in [0.1, 0.15) is 5.82 Å². The number of anilines is 1. The molecule has 1 aliphatic heterocycles. The van der Waals surface area contributed by atoms with Gasteiger partial charge in [-0.2, -0.15) is 0 Å². The van der Waals surface area contributed by atoms with Crippen molar-refractivity contribution in [2.24, 2.45) is 5.41 Å². The highest BCUT2D eigenvalue weighted by Crippen LogP contribution is 2.33. The molecule has 0 saturated carbocycles. The van der Waals surface area contributed by atoms with Crippen LogP contribution in [0.3, 0.4) is 0 Å². The molecule has 1 aromatic rings.